The van der Waals surface area contributed by atoms with Crippen molar-refractivity contribution in [1.29, 1.82) is 0 Å². The van der Waals surface area contributed by atoms with Crippen molar-refractivity contribution >= 4 is 5.91 Å². The zero-order valence-corrected chi connectivity index (χ0v) is 12.1. The van der Waals surface area contributed by atoms with Crippen LogP contribution in [-0.4, -0.2) is 11.9 Å². The Labute approximate surface area is 122 Å². The average molecular weight is 299 g/mol. The first-order valence-corrected chi connectivity index (χ1v) is 7.46. The molecule has 1 aromatic rings. The van der Waals surface area contributed by atoms with Crippen molar-refractivity contribution in [3.8, 4) is 0 Å². The molecule has 1 aliphatic carbocycles. The smallest absolute Gasteiger partial charge is 0.251 e. The summed E-state index contributed by atoms with van der Waals surface area (Å²) in [4.78, 5) is 12.0. The number of hydrogen-bond acceptors (Lipinski definition) is 1. The summed E-state index contributed by atoms with van der Waals surface area (Å²) in [6.07, 6.45) is 6.24. The molecule has 0 spiro atoms. The molecular weight excluding hydrogens is 279 g/mol. The lowest BCUT2D eigenvalue weighted by atomic mass is 9.83. The number of carbonyl (C=O) groups excluding carboxylic acids is 1. The van der Waals surface area contributed by atoms with Crippen LogP contribution in [0, 0.1) is 23.4 Å². The molecule has 2 rings (SSSR count). The number of hydrogen-bond donors (Lipinski definition) is 1. The molecule has 0 bridgehead atoms. The predicted octanol–water partition coefficient (Wildman–Crippen LogP) is 4.19. The molecule has 0 heterocycles. The Morgan fingerprint density at radius 3 is 2.24 bits per heavy atom. The quantitative estimate of drug-likeness (QED) is 0.830. The summed E-state index contributed by atoms with van der Waals surface area (Å²) in [5, 5.41) is 2.78. The summed E-state index contributed by atoms with van der Waals surface area (Å²) in [6, 6.07) is 1.49. The van der Waals surface area contributed by atoms with Gasteiger partial charge in [-0.25, -0.2) is 13.2 Å². The lowest BCUT2D eigenvalue weighted by Gasteiger charge is -2.29. The molecule has 1 fully saturated rings. The topological polar surface area (TPSA) is 29.1 Å². The van der Waals surface area contributed by atoms with E-state index in [0.29, 0.717) is 5.92 Å². The van der Waals surface area contributed by atoms with Gasteiger partial charge in [0.05, 0.1) is 0 Å². The normalized spacial score (nSPS) is 22.1. The maximum atomic E-state index is 13.1. The molecule has 2 nitrogen and oxygen atoms in total. The van der Waals surface area contributed by atoms with Crippen LogP contribution >= 0.6 is 0 Å². The van der Waals surface area contributed by atoms with Crippen molar-refractivity contribution < 1.29 is 18.0 Å². The lowest BCUT2D eigenvalue weighted by Crippen LogP contribution is -2.37. The second-order valence-electron chi connectivity index (χ2n) is 5.73. The summed E-state index contributed by atoms with van der Waals surface area (Å²) in [7, 11) is 0. The number of rotatable bonds is 4. The van der Waals surface area contributed by atoms with Crippen molar-refractivity contribution in [1.82, 2.24) is 5.32 Å². The molecule has 0 aromatic heterocycles. The Morgan fingerprint density at radius 1 is 1.14 bits per heavy atom. The highest BCUT2D eigenvalue weighted by Gasteiger charge is 2.23. The Morgan fingerprint density at radius 2 is 1.71 bits per heavy atom. The molecule has 0 aliphatic heterocycles. The molecular formula is C16H20F3NO. The maximum absolute atomic E-state index is 13.1. The summed E-state index contributed by atoms with van der Waals surface area (Å²) in [6.45, 7) is 2.16. The summed E-state index contributed by atoms with van der Waals surface area (Å²) >= 11 is 0. The lowest BCUT2D eigenvalue weighted by molar-refractivity contribution is 0.0920. The minimum absolute atomic E-state index is 0.0294. The monoisotopic (exact) mass is 299 g/mol. The van der Waals surface area contributed by atoms with E-state index in [1.165, 1.54) is 6.42 Å². The number of carbonyl (C=O) groups is 1. The minimum Gasteiger partial charge on any atom is -0.349 e. The van der Waals surface area contributed by atoms with Gasteiger partial charge in [-0.15, -0.1) is 0 Å². The molecule has 0 atom stereocenters. The Kier molecular flexibility index (Phi) is 5.26. The largest absolute Gasteiger partial charge is 0.349 e. The standard InChI is InChI=1S/C16H20F3NO/c1-2-3-10-4-6-12(7-5-10)20-16(21)11-8-13(17)15(19)14(18)9-11/h8-10,12H,2-7H2,1H3,(H,20,21). The molecule has 0 unspecified atom stereocenters. The third kappa shape index (κ3) is 3.99. The van der Waals surface area contributed by atoms with Crippen LogP contribution in [0.1, 0.15) is 55.8 Å². The van der Waals surface area contributed by atoms with Gasteiger partial charge >= 0.3 is 0 Å². The van der Waals surface area contributed by atoms with Crippen LogP contribution in [0.4, 0.5) is 13.2 Å². The van der Waals surface area contributed by atoms with Gasteiger partial charge < -0.3 is 5.32 Å². The molecule has 1 amide bonds. The van der Waals surface area contributed by atoms with Crippen molar-refractivity contribution in [2.75, 3.05) is 0 Å². The minimum atomic E-state index is -1.55. The van der Waals surface area contributed by atoms with E-state index in [0.717, 1.165) is 44.2 Å². The zero-order chi connectivity index (χ0) is 15.4. The van der Waals surface area contributed by atoms with Gasteiger partial charge in [0.2, 0.25) is 0 Å². The van der Waals surface area contributed by atoms with Crippen LogP contribution in [0.3, 0.4) is 0 Å². The molecule has 1 N–H and O–H groups in total. The molecule has 0 radical (unpaired) electrons. The Bertz CT molecular complexity index is 487. The summed E-state index contributed by atoms with van der Waals surface area (Å²) in [5.74, 6) is -4.07. The molecule has 1 saturated carbocycles. The van der Waals surface area contributed by atoms with Gasteiger partial charge in [-0.05, 0) is 43.7 Å². The van der Waals surface area contributed by atoms with Crippen LogP contribution in [0.5, 0.6) is 0 Å². The first-order chi connectivity index (χ1) is 10.0. The van der Waals surface area contributed by atoms with Gasteiger partial charge in [0.1, 0.15) is 0 Å². The molecule has 0 saturated heterocycles. The van der Waals surface area contributed by atoms with Crippen molar-refractivity contribution in [2.45, 2.75) is 51.5 Å². The third-order valence-corrected chi connectivity index (χ3v) is 4.12. The van der Waals surface area contributed by atoms with Gasteiger partial charge in [0.25, 0.3) is 5.91 Å². The highest BCUT2D eigenvalue weighted by molar-refractivity contribution is 5.94. The highest BCUT2D eigenvalue weighted by Crippen LogP contribution is 2.28. The zero-order valence-electron chi connectivity index (χ0n) is 12.1. The molecule has 1 aromatic carbocycles. The maximum Gasteiger partial charge on any atom is 0.251 e. The van der Waals surface area contributed by atoms with E-state index in [1.54, 1.807) is 0 Å². The second-order valence-corrected chi connectivity index (χ2v) is 5.73. The summed E-state index contributed by atoms with van der Waals surface area (Å²) < 4.78 is 39.1. The van der Waals surface area contributed by atoms with Gasteiger partial charge in [0.15, 0.2) is 17.5 Å². The molecule has 5 heteroatoms. The Balaban J connectivity index is 1.93. The number of halogens is 3. The fraction of sp³-hybridized carbons (Fsp3) is 0.562. The first-order valence-electron chi connectivity index (χ1n) is 7.46. The third-order valence-electron chi connectivity index (χ3n) is 4.12. The van der Waals surface area contributed by atoms with Crippen molar-refractivity contribution in [3.05, 3.63) is 35.1 Å². The molecule has 21 heavy (non-hydrogen) atoms. The van der Waals surface area contributed by atoms with Crippen LogP contribution in [0.2, 0.25) is 0 Å². The van der Waals surface area contributed by atoms with Gasteiger partial charge in [0, 0.05) is 11.6 Å². The van der Waals surface area contributed by atoms with E-state index in [9.17, 15) is 18.0 Å². The van der Waals surface area contributed by atoms with Crippen LogP contribution in [-0.2, 0) is 0 Å². The van der Waals surface area contributed by atoms with Crippen LogP contribution in [0.15, 0.2) is 12.1 Å². The highest BCUT2D eigenvalue weighted by atomic mass is 19.2. The first kappa shape index (κ1) is 15.9. The Hall–Kier alpha value is -1.52. The predicted molar refractivity (Wildman–Crippen MR) is 74.4 cm³/mol. The fourth-order valence-corrected chi connectivity index (χ4v) is 2.96. The number of amides is 1. The average Bonchev–Trinajstić information content (AvgIpc) is 2.46. The van der Waals surface area contributed by atoms with Gasteiger partial charge in [-0.2, -0.15) is 0 Å². The molecule has 116 valence electrons. The van der Waals surface area contributed by atoms with Gasteiger partial charge in [-0.3, -0.25) is 4.79 Å². The fourth-order valence-electron chi connectivity index (χ4n) is 2.96. The van der Waals surface area contributed by atoms with Gasteiger partial charge in [-0.1, -0.05) is 19.8 Å². The van der Waals surface area contributed by atoms with E-state index in [-0.39, 0.29) is 11.6 Å². The van der Waals surface area contributed by atoms with E-state index in [1.807, 2.05) is 0 Å². The van der Waals surface area contributed by atoms with E-state index < -0.39 is 23.4 Å². The van der Waals surface area contributed by atoms with E-state index >= 15 is 0 Å². The number of nitrogens with one attached hydrogen (secondary N) is 1. The van der Waals surface area contributed by atoms with Crippen LogP contribution in [0.25, 0.3) is 0 Å². The van der Waals surface area contributed by atoms with E-state index in [2.05, 4.69) is 12.2 Å². The van der Waals surface area contributed by atoms with E-state index in [4.69, 9.17) is 0 Å². The summed E-state index contributed by atoms with van der Waals surface area (Å²) in [5.41, 5.74) is -0.179. The number of benzene rings is 1. The SMILES string of the molecule is CCCC1CCC(NC(=O)c2cc(F)c(F)c(F)c2)CC1. The second kappa shape index (κ2) is 6.96. The van der Waals surface area contributed by atoms with Crippen molar-refractivity contribution in [2.24, 2.45) is 5.92 Å². The molecule has 1 aliphatic rings. The van der Waals surface area contributed by atoms with Crippen LogP contribution < -0.4 is 5.32 Å². The van der Waals surface area contributed by atoms with Crippen molar-refractivity contribution in [3.63, 3.8) is 0 Å².